The van der Waals surface area contributed by atoms with Crippen molar-refractivity contribution in [2.45, 2.75) is 70.6 Å². The minimum atomic E-state index is -2.65. The smallest absolute Gasteiger partial charge is 0.255 e. The van der Waals surface area contributed by atoms with Crippen molar-refractivity contribution >= 4 is 23.2 Å². The molecule has 43 heavy (non-hydrogen) atoms. The molecule has 11 nitrogen and oxygen atoms in total. The molecule has 0 heterocycles. The van der Waals surface area contributed by atoms with Gasteiger partial charge in [0.25, 0.3) is 5.91 Å². The summed E-state index contributed by atoms with van der Waals surface area (Å²) in [7, 11) is 6.96. The first-order chi connectivity index (χ1) is 20.2. The number of nitrogens with zero attached hydrogens (tertiary/aromatic N) is 3. The van der Waals surface area contributed by atoms with Crippen molar-refractivity contribution in [3.63, 3.8) is 0 Å². The number of benzene rings is 1. The van der Waals surface area contributed by atoms with E-state index in [1.54, 1.807) is 19.0 Å². The van der Waals surface area contributed by atoms with Crippen LogP contribution in [0.1, 0.15) is 67.4 Å². The molecule has 1 amide bonds. The molecule has 3 aliphatic rings. The van der Waals surface area contributed by atoms with E-state index in [0.717, 1.165) is 44.5 Å². The molecule has 0 saturated carbocycles. The molecule has 0 saturated heterocycles. The van der Waals surface area contributed by atoms with Crippen molar-refractivity contribution in [3.8, 4) is 5.75 Å². The fourth-order valence-electron chi connectivity index (χ4n) is 7.15. The van der Waals surface area contributed by atoms with Gasteiger partial charge in [-0.3, -0.25) is 24.2 Å². The van der Waals surface area contributed by atoms with Crippen LogP contribution in [-0.4, -0.2) is 101 Å². The van der Waals surface area contributed by atoms with E-state index >= 15 is 0 Å². The number of hydrogen-bond acceptors (Lipinski definition) is 10. The second kappa shape index (κ2) is 12.3. The number of amides is 1. The number of Topliss-reactive ketones (excluding diaryl/α,β-unsaturated/α-hetero) is 2. The molecule has 0 fully saturated rings. The van der Waals surface area contributed by atoms with Crippen LogP contribution in [0.25, 0.3) is 0 Å². The molecule has 4 unspecified atom stereocenters. The fourth-order valence-corrected chi connectivity index (χ4v) is 7.15. The average Bonchev–Trinajstić information content (AvgIpc) is 2.92. The number of aromatic hydroxyl groups is 1. The summed E-state index contributed by atoms with van der Waals surface area (Å²) < 4.78 is 0. The standard InChI is InChI=1S/C32H46N4O7/c1-7-9-11-36(12-10-8-2)16-18-15-21(34(3)4)19-13-17-14-20-25(35(5)6)28(39)24(31(33)42)30(41)32(20,43)29(40)22(17)27(38)23(19)26(18)37/h15,17,20,25,37,39-40,43H,7-14,16H2,1-6H3,(H2,33,42). The van der Waals surface area contributed by atoms with Gasteiger partial charge in [0.1, 0.15) is 22.8 Å². The molecule has 0 aliphatic heterocycles. The van der Waals surface area contributed by atoms with Gasteiger partial charge in [-0.2, -0.15) is 0 Å². The zero-order chi connectivity index (χ0) is 32.0. The maximum Gasteiger partial charge on any atom is 0.255 e. The molecule has 4 rings (SSSR count). The van der Waals surface area contributed by atoms with E-state index in [4.69, 9.17) is 5.73 Å². The second-order valence-corrected chi connectivity index (χ2v) is 12.6. The van der Waals surface area contributed by atoms with Gasteiger partial charge in [0, 0.05) is 43.4 Å². The fraction of sp³-hybridized carbons (Fsp3) is 0.594. The number of ketones is 2. The number of unbranched alkanes of at least 4 members (excludes halogenated alkanes) is 2. The largest absolute Gasteiger partial charge is 0.510 e. The van der Waals surface area contributed by atoms with Crippen molar-refractivity contribution in [2.24, 2.45) is 17.6 Å². The van der Waals surface area contributed by atoms with Gasteiger partial charge in [-0.15, -0.1) is 0 Å². The van der Waals surface area contributed by atoms with Crippen LogP contribution in [0.15, 0.2) is 28.7 Å². The van der Waals surface area contributed by atoms with Gasteiger partial charge in [-0.25, -0.2) is 0 Å². The summed E-state index contributed by atoms with van der Waals surface area (Å²) in [6.07, 6.45) is 4.36. The Kier molecular flexibility index (Phi) is 9.30. The number of phenolic OH excluding ortho intramolecular Hbond substituents is 1. The molecular formula is C32H46N4O7. The minimum absolute atomic E-state index is 0.0490. The van der Waals surface area contributed by atoms with Gasteiger partial charge in [0.15, 0.2) is 11.4 Å². The van der Waals surface area contributed by atoms with Crippen LogP contribution < -0.4 is 10.6 Å². The van der Waals surface area contributed by atoms with Crippen LogP contribution in [0.4, 0.5) is 5.69 Å². The van der Waals surface area contributed by atoms with Crippen LogP contribution in [0.5, 0.6) is 5.75 Å². The Hall–Kier alpha value is -3.41. The van der Waals surface area contributed by atoms with Gasteiger partial charge in [0.05, 0.1) is 11.6 Å². The van der Waals surface area contributed by atoms with E-state index in [1.807, 2.05) is 25.1 Å². The normalized spacial score (nSPS) is 25.3. The SMILES string of the molecule is CCCCN(CCCC)Cc1cc(N(C)C)c2c(c1O)C(=O)C1=C(O)C3(O)C(=O)C(C(N)=O)=C(O)C(N(C)C)C3CC1C2. The highest BCUT2D eigenvalue weighted by Gasteiger charge is 2.63. The maximum atomic E-state index is 14.3. The lowest BCUT2D eigenvalue weighted by Gasteiger charge is -2.50. The van der Waals surface area contributed by atoms with E-state index < -0.39 is 58.0 Å². The molecule has 1 aromatic rings. The molecule has 11 heteroatoms. The highest BCUT2D eigenvalue weighted by Crippen LogP contribution is 2.53. The number of carbonyl (C=O) groups is 3. The molecule has 0 spiro atoms. The molecule has 4 atom stereocenters. The number of nitrogens with two attached hydrogens (primary N) is 1. The quantitative estimate of drug-likeness (QED) is 0.239. The molecule has 6 N–H and O–H groups in total. The lowest BCUT2D eigenvalue weighted by Crippen LogP contribution is -2.63. The van der Waals surface area contributed by atoms with E-state index in [-0.39, 0.29) is 29.7 Å². The first-order valence-corrected chi connectivity index (χ1v) is 15.1. The van der Waals surface area contributed by atoms with Crippen LogP contribution >= 0.6 is 0 Å². The zero-order valence-corrected chi connectivity index (χ0v) is 26.1. The van der Waals surface area contributed by atoms with Crippen LogP contribution in [0.3, 0.4) is 0 Å². The van der Waals surface area contributed by atoms with Crippen LogP contribution in [0, 0.1) is 11.8 Å². The third-order valence-electron chi connectivity index (χ3n) is 9.31. The summed E-state index contributed by atoms with van der Waals surface area (Å²) in [5, 5.41) is 46.0. The van der Waals surface area contributed by atoms with Crippen molar-refractivity contribution in [3.05, 3.63) is 45.4 Å². The average molecular weight is 599 g/mol. The van der Waals surface area contributed by atoms with Crippen LogP contribution in [0.2, 0.25) is 0 Å². The third kappa shape index (κ3) is 5.32. The number of likely N-dealkylation sites (N-methyl/N-ethyl adjacent to an activating group) is 1. The van der Waals surface area contributed by atoms with Gasteiger partial charge < -0.3 is 31.1 Å². The Morgan fingerprint density at radius 2 is 1.65 bits per heavy atom. The van der Waals surface area contributed by atoms with E-state index in [0.29, 0.717) is 17.7 Å². The molecule has 0 aromatic heterocycles. The second-order valence-electron chi connectivity index (χ2n) is 12.6. The topological polar surface area (TPSA) is 168 Å². The summed E-state index contributed by atoms with van der Waals surface area (Å²) in [6.45, 7) is 6.37. The summed E-state index contributed by atoms with van der Waals surface area (Å²) in [5.74, 6) is -6.42. The highest BCUT2D eigenvalue weighted by atomic mass is 16.3. The summed E-state index contributed by atoms with van der Waals surface area (Å²) in [6, 6.07) is 0.896. The highest BCUT2D eigenvalue weighted by molar-refractivity contribution is 6.24. The number of fused-ring (bicyclic) bond motifs is 3. The van der Waals surface area contributed by atoms with Crippen molar-refractivity contribution in [1.82, 2.24) is 9.80 Å². The third-order valence-corrected chi connectivity index (χ3v) is 9.31. The van der Waals surface area contributed by atoms with E-state index in [1.165, 1.54) is 0 Å². The summed E-state index contributed by atoms with van der Waals surface area (Å²) in [4.78, 5) is 45.7. The Morgan fingerprint density at radius 3 is 2.16 bits per heavy atom. The minimum Gasteiger partial charge on any atom is -0.510 e. The number of allylic oxidation sites excluding steroid dienone is 1. The molecule has 1 aromatic carbocycles. The molecule has 3 aliphatic carbocycles. The first kappa shape index (κ1) is 32.5. The molecular weight excluding hydrogens is 552 g/mol. The Balaban J connectivity index is 1.88. The summed E-state index contributed by atoms with van der Waals surface area (Å²) in [5.41, 5.74) is 3.84. The predicted molar refractivity (Wildman–Crippen MR) is 163 cm³/mol. The van der Waals surface area contributed by atoms with E-state index in [2.05, 4.69) is 18.7 Å². The lowest BCUT2D eigenvalue weighted by molar-refractivity contribution is -0.148. The van der Waals surface area contributed by atoms with Crippen LogP contribution in [-0.2, 0) is 22.6 Å². The van der Waals surface area contributed by atoms with E-state index in [9.17, 15) is 34.8 Å². The number of primary amides is 1. The predicted octanol–water partition coefficient (Wildman–Crippen LogP) is 2.59. The summed E-state index contributed by atoms with van der Waals surface area (Å²) >= 11 is 0. The van der Waals surface area contributed by atoms with Gasteiger partial charge in [-0.05, 0) is 70.4 Å². The number of hydrogen-bond donors (Lipinski definition) is 5. The molecule has 0 bridgehead atoms. The monoisotopic (exact) mass is 598 g/mol. The number of anilines is 1. The van der Waals surface area contributed by atoms with Crippen molar-refractivity contribution in [1.29, 1.82) is 0 Å². The molecule has 236 valence electrons. The first-order valence-electron chi connectivity index (χ1n) is 15.1. The van der Waals surface area contributed by atoms with Gasteiger partial charge in [-0.1, -0.05) is 26.7 Å². The zero-order valence-electron chi connectivity index (χ0n) is 26.1. The Morgan fingerprint density at radius 1 is 1.05 bits per heavy atom. The maximum absolute atomic E-state index is 14.3. The number of aliphatic hydroxyl groups excluding tert-OH is 2. The van der Waals surface area contributed by atoms with Gasteiger partial charge >= 0.3 is 0 Å². The molecule has 0 radical (unpaired) electrons. The lowest BCUT2D eigenvalue weighted by atomic mass is 9.58. The number of aliphatic hydroxyl groups is 3. The van der Waals surface area contributed by atoms with Crippen molar-refractivity contribution in [2.75, 3.05) is 46.2 Å². The Labute approximate surface area is 253 Å². The number of carbonyl (C=O) groups excluding carboxylic acids is 3. The number of rotatable bonds is 11. The number of phenols is 1. The van der Waals surface area contributed by atoms with Gasteiger partial charge in [0.2, 0.25) is 5.78 Å². The Bertz CT molecular complexity index is 1370. The van der Waals surface area contributed by atoms with Crippen molar-refractivity contribution < 1.29 is 34.8 Å².